The maximum Gasteiger partial charge on any atom is 0.387 e. The Hall–Kier alpha value is -2.03. The maximum absolute atomic E-state index is 12.9. The number of aromatic nitrogens is 1. The molecule has 1 spiro atoms. The van der Waals surface area contributed by atoms with Crippen molar-refractivity contribution in [3.8, 4) is 17.0 Å². The molecule has 8 heteroatoms. The minimum absolute atomic E-state index is 0.0904. The normalized spacial score (nSPS) is 28.7. The van der Waals surface area contributed by atoms with Crippen LogP contribution in [0.3, 0.4) is 0 Å². The Balaban J connectivity index is 1.23. The van der Waals surface area contributed by atoms with Gasteiger partial charge < -0.3 is 23.5 Å². The van der Waals surface area contributed by atoms with Crippen LogP contribution in [0.4, 0.5) is 8.78 Å². The molecule has 2 aromatic rings. The average molecular weight is 447 g/mol. The second kappa shape index (κ2) is 8.08. The highest BCUT2D eigenvalue weighted by atomic mass is 19.3. The number of halogens is 2. The van der Waals surface area contributed by atoms with Crippen molar-refractivity contribution < 1.29 is 32.3 Å². The highest BCUT2D eigenvalue weighted by Gasteiger charge is 2.58. The molecule has 0 amide bonds. The minimum atomic E-state index is -2.91. The highest BCUT2D eigenvalue weighted by molar-refractivity contribution is 5.70. The van der Waals surface area contributed by atoms with Gasteiger partial charge in [0.25, 0.3) is 0 Å². The molecule has 6 rings (SSSR count). The summed E-state index contributed by atoms with van der Waals surface area (Å²) in [6.07, 6.45) is 6.21. The van der Waals surface area contributed by atoms with Crippen molar-refractivity contribution in [2.24, 2.45) is 11.8 Å². The molecule has 3 saturated carbocycles. The lowest BCUT2D eigenvalue weighted by Gasteiger charge is -2.41. The summed E-state index contributed by atoms with van der Waals surface area (Å²) >= 11 is 0. The number of rotatable bonds is 7. The van der Waals surface area contributed by atoms with Crippen molar-refractivity contribution >= 4 is 0 Å². The van der Waals surface area contributed by atoms with Crippen LogP contribution in [0.1, 0.15) is 55.8 Å². The molecule has 4 aliphatic rings. The minimum Gasteiger partial charge on any atom is -0.434 e. The second-order valence-corrected chi connectivity index (χ2v) is 9.32. The van der Waals surface area contributed by atoms with E-state index in [2.05, 4.69) is 5.16 Å². The maximum atomic E-state index is 12.9. The predicted octanol–water partition coefficient (Wildman–Crippen LogP) is 5.27. The fraction of sp³-hybridized carbons (Fsp3) is 0.625. The molecule has 2 heterocycles. The Morgan fingerprint density at radius 3 is 2.44 bits per heavy atom. The molecule has 1 aliphatic heterocycles. The summed E-state index contributed by atoms with van der Waals surface area (Å²) in [5, 5.41) is 4.26. The van der Waals surface area contributed by atoms with Crippen molar-refractivity contribution in [2.75, 3.05) is 13.2 Å². The quantitative estimate of drug-likeness (QED) is 0.576. The Morgan fingerprint density at radius 2 is 1.75 bits per heavy atom. The Labute approximate surface area is 185 Å². The molecule has 4 fully saturated rings. The Bertz CT molecular complexity index is 953. The third kappa shape index (κ3) is 3.53. The van der Waals surface area contributed by atoms with E-state index in [9.17, 15) is 8.78 Å². The van der Waals surface area contributed by atoms with E-state index in [1.54, 1.807) is 18.2 Å². The Morgan fingerprint density at radius 1 is 1.03 bits per heavy atom. The van der Waals surface area contributed by atoms with Gasteiger partial charge in [0, 0.05) is 28.9 Å². The van der Waals surface area contributed by atoms with E-state index in [4.69, 9.17) is 23.5 Å². The van der Waals surface area contributed by atoms with Crippen LogP contribution in [0, 0.1) is 11.8 Å². The van der Waals surface area contributed by atoms with Gasteiger partial charge in [-0.2, -0.15) is 8.78 Å². The van der Waals surface area contributed by atoms with Gasteiger partial charge in [0.05, 0.1) is 25.9 Å². The van der Waals surface area contributed by atoms with E-state index >= 15 is 0 Å². The first-order chi connectivity index (χ1) is 15.6. The van der Waals surface area contributed by atoms with Crippen LogP contribution in [-0.2, 0) is 20.8 Å². The van der Waals surface area contributed by atoms with Gasteiger partial charge in [-0.05, 0) is 50.7 Å². The lowest BCUT2D eigenvalue weighted by molar-refractivity contribution is -0.238. The Kier molecular flexibility index (Phi) is 5.19. The zero-order valence-electron chi connectivity index (χ0n) is 17.8. The molecule has 32 heavy (non-hydrogen) atoms. The third-order valence-electron chi connectivity index (χ3n) is 7.42. The molecular weight excluding hydrogens is 420 g/mol. The molecular formula is C24H27F2NO5. The molecule has 0 N–H and O–H groups in total. The first-order valence-electron chi connectivity index (χ1n) is 11.6. The van der Waals surface area contributed by atoms with E-state index in [1.807, 2.05) is 0 Å². The monoisotopic (exact) mass is 447 g/mol. The van der Waals surface area contributed by atoms with Gasteiger partial charge in [0.2, 0.25) is 0 Å². The molecule has 172 valence electrons. The second-order valence-electron chi connectivity index (χ2n) is 9.32. The van der Waals surface area contributed by atoms with Gasteiger partial charge in [-0.1, -0.05) is 17.3 Å². The smallest absolute Gasteiger partial charge is 0.387 e. The first kappa shape index (κ1) is 20.6. The summed E-state index contributed by atoms with van der Waals surface area (Å²) in [5.74, 6) is 1.55. The summed E-state index contributed by atoms with van der Waals surface area (Å²) < 4.78 is 54.9. The van der Waals surface area contributed by atoms with Crippen molar-refractivity contribution in [2.45, 2.75) is 69.6 Å². The van der Waals surface area contributed by atoms with Crippen LogP contribution in [-0.4, -0.2) is 36.9 Å². The van der Waals surface area contributed by atoms with E-state index < -0.39 is 12.4 Å². The summed E-state index contributed by atoms with van der Waals surface area (Å²) in [6, 6.07) is 6.70. The number of hydrogen-bond acceptors (Lipinski definition) is 6. The molecule has 3 aliphatic carbocycles. The van der Waals surface area contributed by atoms with Crippen LogP contribution in [0.15, 0.2) is 28.8 Å². The van der Waals surface area contributed by atoms with Gasteiger partial charge in [-0.15, -0.1) is 0 Å². The fourth-order valence-corrected chi connectivity index (χ4v) is 5.89. The van der Waals surface area contributed by atoms with Gasteiger partial charge in [-0.25, -0.2) is 0 Å². The van der Waals surface area contributed by atoms with E-state index in [1.165, 1.54) is 6.07 Å². The van der Waals surface area contributed by atoms with Crippen LogP contribution < -0.4 is 4.74 Å². The van der Waals surface area contributed by atoms with Crippen LogP contribution in [0.2, 0.25) is 0 Å². The van der Waals surface area contributed by atoms with Crippen molar-refractivity contribution in [1.82, 2.24) is 5.16 Å². The largest absolute Gasteiger partial charge is 0.434 e. The lowest BCUT2D eigenvalue weighted by Crippen LogP contribution is -2.47. The van der Waals surface area contributed by atoms with Gasteiger partial charge >= 0.3 is 6.61 Å². The van der Waals surface area contributed by atoms with Crippen molar-refractivity contribution in [3.05, 3.63) is 35.6 Å². The molecule has 6 nitrogen and oxygen atoms in total. The number of para-hydroxylation sites is 1. The summed E-state index contributed by atoms with van der Waals surface area (Å²) in [6.45, 7) is -1.22. The topological polar surface area (TPSA) is 63.0 Å². The molecule has 0 unspecified atom stereocenters. The molecule has 1 saturated heterocycles. The standard InChI is InChI=1S/C24H27F2NO5/c25-23(26)31-20-4-2-1-3-18(20)21-19(22(32-27-21)14-5-6-14)13-28-17-11-15-7-8-16(12-17)24(15)29-9-10-30-24/h1-4,14-17,23H,5-13H2/t15-,16+,17-. The molecule has 0 radical (unpaired) electrons. The molecule has 1 aromatic heterocycles. The molecule has 3 atom stereocenters. The van der Waals surface area contributed by atoms with Crippen LogP contribution >= 0.6 is 0 Å². The number of hydrogen-bond donors (Lipinski definition) is 0. The average Bonchev–Trinajstić information content (AvgIpc) is 3.32. The number of ether oxygens (including phenoxy) is 4. The van der Waals surface area contributed by atoms with Crippen LogP contribution in [0.5, 0.6) is 5.75 Å². The SMILES string of the molecule is FC(F)Oc1ccccc1-c1noc(C2CC2)c1CO[C@@H]1C[C@H]2CC[C@@H](C1)C21OCCO1. The molecule has 1 aromatic carbocycles. The number of alkyl halides is 2. The summed E-state index contributed by atoms with van der Waals surface area (Å²) in [7, 11) is 0. The van der Waals surface area contributed by atoms with Gasteiger partial charge in [0.1, 0.15) is 17.2 Å². The summed E-state index contributed by atoms with van der Waals surface area (Å²) in [5.41, 5.74) is 1.87. The third-order valence-corrected chi connectivity index (χ3v) is 7.42. The number of nitrogens with zero attached hydrogens (tertiary/aromatic N) is 1. The number of benzene rings is 1. The van der Waals surface area contributed by atoms with E-state index in [0.29, 0.717) is 48.8 Å². The van der Waals surface area contributed by atoms with E-state index in [0.717, 1.165) is 49.8 Å². The molecule has 2 bridgehead atoms. The first-order valence-corrected chi connectivity index (χ1v) is 11.6. The fourth-order valence-electron chi connectivity index (χ4n) is 5.89. The summed E-state index contributed by atoms with van der Waals surface area (Å²) in [4.78, 5) is 0. The van der Waals surface area contributed by atoms with Gasteiger partial charge in [0.15, 0.2) is 5.79 Å². The zero-order valence-corrected chi connectivity index (χ0v) is 17.8. The van der Waals surface area contributed by atoms with Crippen molar-refractivity contribution in [1.29, 1.82) is 0 Å². The highest BCUT2D eigenvalue weighted by Crippen LogP contribution is 2.54. The lowest BCUT2D eigenvalue weighted by atomic mass is 9.81. The van der Waals surface area contributed by atoms with Gasteiger partial charge in [-0.3, -0.25) is 0 Å². The predicted molar refractivity (Wildman–Crippen MR) is 109 cm³/mol. The van der Waals surface area contributed by atoms with Crippen LogP contribution in [0.25, 0.3) is 11.3 Å². The van der Waals surface area contributed by atoms with E-state index in [-0.39, 0.29) is 11.9 Å². The zero-order chi connectivity index (χ0) is 21.7. The van der Waals surface area contributed by atoms with Crippen molar-refractivity contribution in [3.63, 3.8) is 0 Å².